The first-order chi connectivity index (χ1) is 18.6. The van der Waals surface area contributed by atoms with Crippen LogP contribution in [0.1, 0.15) is 12.0 Å². The Labute approximate surface area is 217 Å². The largest absolute Gasteiger partial charge is 0.466 e. The van der Waals surface area contributed by atoms with Crippen LogP contribution in [0.25, 0.3) is 48.8 Å². The fourth-order valence-electron chi connectivity index (χ4n) is 6.29. The molecule has 1 unspecified atom stereocenters. The maximum atomic E-state index is 12.9. The molecule has 188 valence electrons. The quantitative estimate of drug-likeness (QED) is 0.242. The van der Waals surface area contributed by atoms with Crippen LogP contribution in [0.4, 0.5) is 4.79 Å². The van der Waals surface area contributed by atoms with Crippen LogP contribution in [0.15, 0.2) is 84.6 Å². The van der Waals surface area contributed by atoms with E-state index in [0.29, 0.717) is 5.76 Å². The lowest BCUT2D eigenvalue weighted by atomic mass is 9.88. The van der Waals surface area contributed by atoms with Crippen molar-refractivity contribution in [2.75, 3.05) is 6.61 Å². The summed E-state index contributed by atoms with van der Waals surface area (Å²) >= 11 is 0. The van der Waals surface area contributed by atoms with Crippen LogP contribution >= 0.6 is 0 Å². The van der Waals surface area contributed by atoms with E-state index in [1.54, 1.807) is 6.20 Å². The SMILES string of the molecule is O=C1NC2OC(c3cc4cccc5c6cccc7cccc(c(c3)c45)c76)=CC2=CN1[C@H]1C[C@H](O)[C@@H](CO)O1. The van der Waals surface area contributed by atoms with Crippen molar-refractivity contribution >= 4 is 54.9 Å². The summed E-state index contributed by atoms with van der Waals surface area (Å²) in [4.78, 5) is 14.3. The van der Waals surface area contributed by atoms with Crippen LogP contribution in [-0.4, -0.2) is 52.4 Å². The zero-order chi connectivity index (χ0) is 25.5. The van der Waals surface area contributed by atoms with Gasteiger partial charge in [-0.1, -0.05) is 54.6 Å². The first kappa shape index (κ1) is 21.9. The normalized spacial score (nSPS) is 25.2. The molecule has 0 saturated carbocycles. The first-order valence-corrected chi connectivity index (χ1v) is 12.8. The molecule has 4 atom stereocenters. The van der Waals surface area contributed by atoms with Crippen molar-refractivity contribution in [3.05, 3.63) is 90.1 Å². The molecule has 0 aliphatic carbocycles. The van der Waals surface area contributed by atoms with Gasteiger partial charge < -0.3 is 19.7 Å². The smallest absolute Gasteiger partial charge is 0.326 e. The van der Waals surface area contributed by atoms with Crippen LogP contribution in [0.5, 0.6) is 0 Å². The fraction of sp³-hybridized carbons (Fsp3) is 0.194. The Bertz CT molecular complexity index is 1840. The number of carbonyl (C=O) groups excluding carboxylic acids is 1. The van der Waals surface area contributed by atoms with Crippen LogP contribution in [-0.2, 0) is 9.47 Å². The maximum absolute atomic E-state index is 12.9. The van der Waals surface area contributed by atoms with Crippen LogP contribution in [0.2, 0.25) is 0 Å². The van der Waals surface area contributed by atoms with Gasteiger partial charge in [-0.2, -0.15) is 0 Å². The molecule has 0 bridgehead atoms. The zero-order valence-electron chi connectivity index (χ0n) is 20.3. The summed E-state index contributed by atoms with van der Waals surface area (Å²) in [6, 6.07) is 23.3. The number of rotatable bonds is 3. The molecule has 7 heteroatoms. The number of urea groups is 1. The number of nitrogens with zero attached hydrogens (tertiary/aromatic N) is 1. The number of hydrogen-bond donors (Lipinski definition) is 3. The van der Waals surface area contributed by atoms with Gasteiger partial charge in [-0.3, -0.25) is 10.2 Å². The van der Waals surface area contributed by atoms with Gasteiger partial charge in [0.25, 0.3) is 0 Å². The number of ether oxygens (including phenoxy) is 2. The lowest BCUT2D eigenvalue weighted by molar-refractivity contribution is -0.0556. The number of fused-ring (bicyclic) bond motifs is 3. The average Bonchev–Trinajstić information content (AvgIpc) is 3.53. The molecule has 8 rings (SSSR count). The van der Waals surface area contributed by atoms with Gasteiger partial charge in [-0.05, 0) is 61.3 Å². The van der Waals surface area contributed by atoms with E-state index < -0.39 is 24.7 Å². The lowest BCUT2D eigenvalue weighted by Gasteiger charge is -2.31. The van der Waals surface area contributed by atoms with Crippen molar-refractivity contribution in [3.8, 4) is 0 Å². The third-order valence-electron chi connectivity index (χ3n) is 8.06. The predicted molar refractivity (Wildman–Crippen MR) is 145 cm³/mol. The van der Waals surface area contributed by atoms with Crippen LogP contribution < -0.4 is 5.32 Å². The second kappa shape index (κ2) is 7.91. The van der Waals surface area contributed by atoms with Gasteiger partial charge in [0.15, 0.2) is 0 Å². The summed E-state index contributed by atoms with van der Waals surface area (Å²) in [5.41, 5.74) is 1.73. The van der Waals surface area contributed by atoms with Gasteiger partial charge in [0.2, 0.25) is 6.23 Å². The average molecular weight is 505 g/mol. The third kappa shape index (κ3) is 3.04. The molecular weight excluding hydrogens is 480 g/mol. The molecule has 0 aromatic heterocycles. The van der Waals surface area contributed by atoms with E-state index in [9.17, 15) is 15.0 Å². The summed E-state index contributed by atoms with van der Waals surface area (Å²) in [5, 5.41) is 32.1. The first-order valence-electron chi connectivity index (χ1n) is 12.8. The van der Waals surface area contributed by atoms with Gasteiger partial charge in [0.1, 0.15) is 18.1 Å². The van der Waals surface area contributed by atoms with Gasteiger partial charge in [-0.15, -0.1) is 0 Å². The number of amides is 2. The van der Waals surface area contributed by atoms with Crippen molar-refractivity contribution in [3.63, 3.8) is 0 Å². The molecule has 3 N–H and O–H groups in total. The van der Waals surface area contributed by atoms with Gasteiger partial charge in [-0.25, -0.2) is 4.79 Å². The highest BCUT2D eigenvalue weighted by atomic mass is 16.5. The van der Waals surface area contributed by atoms with Crippen molar-refractivity contribution < 1.29 is 24.5 Å². The molecule has 5 aromatic rings. The van der Waals surface area contributed by atoms with Crippen LogP contribution in [0, 0.1) is 0 Å². The van der Waals surface area contributed by atoms with Crippen molar-refractivity contribution in [2.45, 2.75) is 31.1 Å². The molecule has 1 saturated heterocycles. The summed E-state index contributed by atoms with van der Waals surface area (Å²) in [6.07, 6.45) is 1.11. The maximum Gasteiger partial charge on any atom is 0.326 e. The van der Waals surface area contributed by atoms with Crippen molar-refractivity contribution in [1.29, 1.82) is 0 Å². The highest BCUT2D eigenvalue weighted by Crippen LogP contribution is 2.42. The Balaban J connectivity index is 1.25. The molecule has 1 fully saturated rings. The van der Waals surface area contributed by atoms with Gasteiger partial charge in [0, 0.05) is 23.8 Å². The number of carbonyl (C=O) groups is 1. The summed E-state index contributed by atoms with van der Waals surface area (Å²) in [5.74, 6) is 0.679. The number of hydrogen-bond acceptors (Lipinski definition) is 5. The Morgan fingerprint density at radius 1 is 0.921 bits per heavy atom. The van der Waals surface area contributed by atoms with Crippen molar-refractivity contribution in [2.24, 2.45) is 0 Å². The Morgan fingerprint density at radius 3 is 2.32 bits per heavy atom. The second-order valence-electron chi connectivity index (χ2n) is 10.2. The molecule has 3 aliphatic rings. The third-order valence-corrected chi connectivity index (χ3v) is 8.06. The van der Waals surface area contributed by atoms with E-state index in [0.717, 1.165) is 16.5 Å². The molecule has 5 aromatic carbocycles. The van der Waals surface area contributed by atoms with Gasteiger partial charge >= 0.3 is 6.03 Å². The summed E-state index contributed by atoms with van der Waals surface area (Å²) in [7, 11) is 0. The molecule has 3 heterocycles. The minimum absolute atomic E-state index is 0.230. The van der Waals surface area contributed by atoms with E-state index >= 15 is 0 Å². The molecule has 2 amide bonds. The van der Waals surface area contributed by atoms with Crippen LogP contribution in [0.3, 0.4) is 0 Å². The highest BCUT2D eigenvalue weighted by molar-refractivity contribution is 6.33. The highest BCUT2D eigenvalue weighted by Gasteiger charge is 2.42. The topological polar surface area (TPSA) is 91.3 Å². The Hall–Kier alpha value is -4.17. The number of aliphatic hydroxyl groups excluding tert-OH is 2. The zero-order valence-corrected chi connectivity index (χ0v) is 20.3. The van der Waals surface area contributed by atoms with E-state index in [4.69, 9.17) is 9.47 Å². The monoisotopic (exact) mass is 504 g/mol. The van der Waals surface area contributed by atoms with E-state index in [-0.39, 0.29) is 19.1 Å². The molecular formula is C31H24N2O5. The number of nitrogens with one attached hydrogen (secondary N) is 1. The van der Waals surface area contributed by atoms with Crippen molar-refractivity contribution in [1.82, 2.24) is 10.2 Å². The van der Waals surface area contributed by atoms with E-state index in [1.165, 1.54) is 42.6 Å². The summed E-state index contributed by atoms with van der Waals surface area (Å²) in [6.45, 7) is -0.302. The Morgan fingerprint density at radius 2 is 1.61 bits per heavy atom. The summed E-state index contributed by atoms with van der Waals surface area (Å²) < 4.78 is 11.9. The molecule has 7 nitrogen and oxygen atoms in total. The molecule has 3 aliphatic heterocycles. The number of aliphatic hydroxyl groups is 2. The lowest BCUT2D eigenvalue weighted by Crippen LogP contribution is -2.51. The minimum Gasteiger partial charge on any atom is -0.466 e. The molecule has 0 radical (unpaired) electrons. The standard InChI is InChI=1S/C31H24N2O5/c34-15-26-24(35)13-27(37-26)33-14-19-12-25(38-30(19)32-31(33)36)18-10-17-6-3-8-21-20-7-1-4-16-5-2-9-22(28(16)20)23(11-18)29(17)21/h1-12,14,24,26-27,30,34-35H,13,15H2,(H,32,36)/t24-,26+,27+,30?/m0/s1. The Kier molecular flexibility index (Phi) is 4.56. The fourth-order valence-corrected chi connectivity index (χ4v) is 6.29. The predicted octanol–water partition coefficient (Wildman–Crippen LogP) is 4.81. The minimum atomic E-state index is -0.825. The molecule has 0 spiro atoms. The second-order valence-corrected chi connectivity index (χ2v) is 10.2. The van der Waals surface area contributed by atoms with Gasteiger partial charge in [0.05, 0.1) is 12.7 Å². The van der Waals surface area contributed by atoms with E-state index in [2.05, 4.69) is 72.0 Å². The number of benzene rings is 5. The molecule has 38 heavy (non-hydrogen) atoms. The van der Waals surface area contributed by atoms with E-state index in [1.807, 2.05) is 6.08 Å².